The van der Waals surface area contributed by atoms with Crippen molar-refractivity contribution in [3.63, 3.8) is 0 Å². The summed E-state index contributed by atoms with van der Waals surface area (Å²) >= 11 is 0. The SMILES string of the molecule is Cc1cccc(C2CC2)c1O.[NaH]. The number of hydrogen-bond donors (Lipinski definition) is 1. The van der Waals surface area contributed by atoms with Gasteiger partial charge >= 0.3 is 29.6 Å². The van der Waals surface area contributed by atoms with Crippen LogP contribution in [0, 0.1) is 6.92 Å². The molecular weight excluding hydrogens is 159 g/mol. The summed E-state index contributed by atoms with van der Waals surface area (Å²) in [7, 11) is 0. The van der Waals surface area contributed by atoms with Gasteiger partial charge in [0.25, 0.3) is 0 Å². The van der Waals surface area contributed by atoms with E-state index < -0.39 is 0 Å². The van der Waals surface area contributed by atoms with E-state index in [4.69, 9.17) is 0 Å². The molecule has 12 heavy (non-hydrogen) atoms. The Hall–Kier alpha value is 0.0200. The quantitative estimate of drug-likeness (QED) is 0.642. The fourth-order valence-electron chi connectivity index (χ4n) is 1.41. The van der Waals surface area contributed by atoms with Gasteiger partial charge in [-0.05, 0) is 36.8 Å². The molecule has 0 aliphatic heterocycles. The van der Waals surface area contributed by atoms with Gasteiger partial charge in [0.05, 0.1) is 0 Å². The second kappa shape index (κ2) is 3.82. The van der Waals surface area contributed by atoms with Crippen LogP contribution >= 0.6 is 0 Å². The third kappa shape index (κ3) is 1.85. The number of hydrogen-bond acceptors (Lipinski definition) is 1. The van der Waals surface area contributed by atoms with Gasteiger partial charge in [-0.2, -0.15) is 0 Å². The Kier molecular flexibility index (Phi) is 3.22. The van der Waals surface area contributed by atoms with Crippen LogP contribution in [0.25, 0.3) is 0 Å². The summed E-state index contributed by atoms with van der Waals surface area (Å²) in [6.07, 6.45) is 2.49. The van der Waals surface area contributed by atoms with Gasteiger partial charge in [0, 0.05) is 0 Å². The maximum atomic E-state index is 9.61. The molecular formula is C10H13NaO. The zero-order chi connectivity index (χ0) is 7.84. The van der Waals surface area contributed by atoms with Crippen molar-refractivity contribution in [1.82, 2.24) is 0 Å². The van der Waals surface area contributed by atoms with Crippen molar-refractivity contribution in [1.29, 1.82) is 0 Å². The van der Waals surface area contributed by atoms with Crippen LogP contribution in [0.5, 0.6) is 5.75 Å². The van der Waals surface area contributed by atoms with Gasteiger partial charge in [-0.25, -0.2) is 0 Å². The Morgan fingerprint density at radius 2 is 2.00 bits per heavy atom. The van der Waals surface area contributed by atoms with Crippen molar-refractivity contribution in [3.05, 3.63) is 29.3 Å². The molecule has 0 aromatic heterocycles. The van der Waals surface area contributed by atoms with E-state index >= 15 is 0 Å². The van der Waals surface area contributed by atoms with E-state index in [2.05, 4.69) is 0 Å². The fraction of sp³-hybridized carbons (Fsp3) is 0.400. The van der Waals surface area contributed by atoms with E-state index in [0.717, 1.165) is 11.1 Å². The molecule has 1 aliphatic rings. The van der Waals surface area contributed by atoms with Crippen LogP contribution in [0.1, 0.15) is 29.9 Å². The van der Waals surface area contributed by atoms with E-state index in [0.29, 0.717) is 11.7 Å². The molecule has 0 atom stereocenters. The van der Waals surface area contributed by atoms with E-state index in [1.807, 2.05) is 25.1 Å². The molecule has 0 saturated heterocycles. The molecule has 0 amide bonds. The molecule has 0 bridgehead atoms. The third-order valence-corrected chi connectivity index (χ3v) is 2.29. The van der Waals surface area contributed by atoms with Gasteiger partial charge in [0.1, 0.15) is 5.75 Å². The third-order valence-electron chi connectivity index (χ3n) is 2.29. The molecule has 2 rings (SSSR count). The number of aromatic hydroxyl groups is 1. The Bertz CT molecular complexity index is 279. The fourth-order valence-corrected chi connectivity index (χ4v) is 1.41. The monoisotopic (exact) mass is 172 g/mol. The molecule has 1 aliphatic carbocycles. The van der Waals surface area contributed by atoms with Crippen molar-refractivity contribution in [2.24, 2.45) is 0 Å². The van der Waals surface area contributed by atoms with Crippen LogP contribution in [0.3, 0.4) is 0 Å². The molecule has 0 unspecified atom stereocenters. The summed E-state index contributed by atoms with van der Waals surface area (Å²) in [6, 6.07) is 5.99. The predicted molar refractivity (Wildman–Crippen MR) is 52.0 cm³/mol. The topological polar surface area (TPSA) is 20.2 Å². The number of aryl methyl sites for hydroxylation is 1. The molecule has 1 N–H and O–H groups in total. The van der Waals surface area contributed by atoms with E-state index in [1.54, 1.807) is 0 Å². The Labute approximate surface area is 95.1 Å². The average molecular weight is 172 g/mol. The van der Waals surface area contributed by atoms with Crippen molar-refractivity contribution in [2.75, 3.05) is 0 Å². The van der Waals surface area contributed by atoms with Crippen LogP contribution < -0.4 is 0 Å². The molecule has 1 aromatic carbocycles. The summed E-state index contributed by atoms with van der Waals surface area (Å²) in [5.74, 6) is 1.16. The first-order valence-corrected chi connectivity index (χ1v) is 4.07. The number of para-hydroxylation sites is 1. The Morgan fingerprint density at radius 3 is 2.58 bits per heavy atom. The van der Waals surface area contributed by atoms with Gasteiger partial charge < -0.3 is 5.11 Å². The van der Waals surface area contributed by atoms with Gasteiger partial charge in [-0.1, -0.05) is 18.2 Å². The predicted octanol–water partition coefficient (Wildman–Crippen LogP) is 1.93. The number of benzene rings is 1. The normalized spacial score (nSPS) is 15.4. The van der Waals surface area contributed by atoms with Crippen LogP contribution in [0.2, 0.25) is 0 Å². The van der Waals surface area contributed by atoms with Crippen molar-refractivity contribution in [2.45, 2.75) is 25.7 Å². The van der Waals surface area contributed by atoms with Crippen molar-refractivity contribution in [3.8, 4) is 5.75 Å². The molecule has 1 aromatic rings. The average Bonchev–Trinajstić information content (AvgIpc) is 2.77. The summed E-state index contributed by atoms with van der Waals surface area (Å²) in [6.45, 7) is 1.95. The number of phenolic OH excluding ortho intramolecular Hbond substituents is 1. The van der Waals surface area contributed by atoms with Crippen molar-refractivity contribution < 1.29 is 5.11 Å². The molecule has 0 radical (unpaired) electrons. The summed E-state index contributed by atoms with van der Waals surface area (Å²) in [5.41, 5.74) is 2.14. The van der Waals surface area contributed by atoms with E-state index in [1.165, 1.54) is 12.8 Å². The Balaban J connectivity index is 0.000000720. The standard InChI is InChI=1S/C10H12O.Na.H/c1-7-3-2-4-9(10(7)11)8-5-6-8;;/h2-4,8,11H,5-6H2,1H3;;. The van der Waals surface area contributed by atoms with Crippen LogP contribution in [-0.2, 0) is 0 Å². The van der Waals surface area contributed by atoms with Crippen molar-refractivity contribution >= 4 is 29.6 Å². The summed E-state index contributed by atoms with van der Waals surface area (Å²) in [5, 5.41) is 9.61. The molecule has 2 heteroatoms. The first-order chi connectivity index (χ1) is 5.29. The van der Waals surface area contributed by atoms with E-state index in [-0.39, 0.29) is 29.6 Å². The van der Waals surface area contributed by atoms with Crippen LogP contribution in [0.4, 0.5) is 0 Å². The number of rotatable bonds is 1. The van der Waals surface area contributed by atoms with Gasteiger partial charge in [-0.15, -0.1) is 0 Å². The van der Waals surface area contributed by atoms with Gasteiger partial charge in [-0.3, -0.25) is 0 Å². The summed E-state index contributed by atoms with van der Waals surface area (Å²) in [4.78, 5) is 0. The minimum atomic E-state index is 0. The zero-order valence-electron chi connectivity index (χ0n) is 6.67. The van der Waals surface area contributed by atoms with Crippen LogP contribution in [-0.4, -0.2) is 34.7 Å². The zero-order valence-corrected chi connectivity index (χ0v) is 6.67. The number of phenols is 1. The maximum absolute atomic E-state index is 9.61. The van der Waals surface area contributed by atoms with Gasteiger partial charge in [0.2, 0.25) is 0 Å². The van der Waals surface area contributed by atoms with E-state index in [9.17, 15) is 5.11 Å². The molecule has 1 nitrogen and oxygen atoms in total. The first-order valence-electron chi connectivity index (χ1n) is 4.07. The second-order valence-electron chi connectivity index (χ2n) is 3.29. The molecule has 0 spiro atoms. The van der Waals surface area contributed by atoms with Crippen LogP contribution in [0.15, 0.2) is 18.2 Å². The summed E-state index contributed by atoms with van der Waals surface area (Å²) < 4.78 is 0. The molecule has 0 heterocycles. The van der Waals surface area contributed by atoms with Gasteiger partial charge in [0.15, 0.2) is 0 Å². The molecule has 60 valence electrons. The molecule has 1 fully saturated rings. The second-order valence-corrected chi connectivity index (χ2v) is 3.29. The minimum absolute atomic E-state index is 0. The molecule has 1 saturated carbocycles. The first kappa shape index (κ1) is 10.1. The Morgan fingerprint density at radius 1 is 1.33 bits per heavy atom.